The lowest BCUT2D eigenvalue weighted by Crippen LogP contribution is -2.02. The van der Waals surface area contributed by atoms with Gasteiger partial charge in [0.25, 0.3) is 0 Å². The first-order valence-electron chi connectivity index (χ1n) is 7.95. The Balaban J connectivity index is 1.80. The molecule has 0 radical (unpaired) electrons. The lowest BCUT2D eigenvalue weighted by molar-refractivity contribution is -0.385. The minimum atomic E-state index is -0.462. The summed E-state index contributed by atoms with van der Waals surface area (Å²) in [5.74, 6) is 1.01. The van der Waals surface area contributed by atoms with Crippen molar-refractivity contribution >= 4 is 5.69 Å². The van der Waals surface area contributed by atoms with Gasteiger partial charge in [-0.25, -0.2) is 4.98 Å². The van der Waals surface area contributed by atoms with Crippen LogP contribution in [0.4, 0.5) is 5.69 Å². The topological polar surface area (TPSA) is 91.0 Å². The van der Waals surface area contributed by atoms with E-state index in [0.29, 0.717) is 17.4 Å². The molecule has 0 N–H and O–H groups in total. The number of benzene rings is 1. The number of nitro benzene ring substituents is 1. The van der Waals surface area contributed by atoms with Crippen LogP contribution in [0.3, 0.4) is 0 Å². The molecular weight excluding hydrogens is 320 g/mol. The van der Waals surface area contributed by atoms with Gasteiger partial charge in [0.05, 0.1) is 10.6 Å². The quantitative estimate of drug-likeness (QED) is 0.533. The summed E-state index contributed by atoms with van der Waals surface area (Å²) in [5.41, 5.74) is 2.39. The summed E-state index contributed by atoms with van der Waals surface area (Å²) in [6.45, 7) is 0. The van der Waals surface area contributed by atoms with Gasteiger partial charge in [-0.15, -0.1) is 0 Å². The average Bonchev–Trinajstić information content (AvgIpc) is 3.11. The van der Waals surface area contributed by atoms with E-state index in [2.05, 4.69) is 15.0 Å². The third-order valence-electron chi connectivity index (χ3n) is 4.06. The number of aryl methyl sites for hydroxylation is 1. The zero-order chi connectivity index (χ0) is 17.2. The molecule has 1 aromatic carbocycles. The van der Waals surface area contributed by atoms with E-state index in [9.17, 15) is 10.1 Å². The van der Waals surface area contributed by atoms with Crippen molar-refractivity contribution in [3.05, 3.63) is 70.0 Å². The van der Waals surface area contributed by atoms with Crippen molar-refractivity contribution in [2.24, 2.45) is 0 Å². The van der Waals surface area contributed by atoms with Crippen LogP contribution in [0, 0.1) is 10.1 Å². The van der Waals surface area contributed by atoms with Crippen LogP contribution < -0.4 is 4.74 Å². The number of nitro groups is 1. The first-order valence-corrected chi connectivity index (χ1v) is 7.95. The molecule has 0 aliphatic heterocycles. The van der Waals surface area contributed by atoms with E-state index in [-0.39, 0.29) is 11.4 Å². The highest BCUT2D eigenvalue weighted by molar-refractivity contribution is 5.54. The van der Waals surface area contributed by atoms with Crippen LogP contribution in [0.15, 0.2) is 48.7 Å². The molecule has 4 rings (SSSR count). The second-order valence-electron chi connectivity index (χ2n) is 5.67. The molecule has 2 heterocycles. The van der Waals surface area contributed by atoms with E-state index in [1.54, 1.807) is 24.4 Å². The lowest BCUT2D eigenvalue weighted by atomic mass is 10.2. The first kappa shape index (κ1) is 15.2. The Morgan fingerprint density at radius 3 is 2.68 bits per heavy atom. The lowest BCUT2D eigenvalue weighted by Gasteiger charge is -2.11. The third-order valence-corrected chi connectivity index (χ3v) is 4.06. The maximum absolute atomic E-state index is 11.2. The fraction of sp³-hybridized carbons (Fsp3) is 0.167. The molecule has 7 nitrogen and oxygen atoms in total. The highest BCUT2D eigenvalue weighted by Gasteiger charge is 2.24. The average molecular weight is 334 g/mol. The molecule has 0 saturated carbocycles. The summed E-state index contributed by atoms with van der Waals surface area (Å²) in [7, 11) is 0. The van der Waals surface area contributed by atoms with Gasteiger partial charge in [-0.2, -0.15) is 4.98 Å². The van der Waals surface area contributed by atoms with Gasteiger partial charge in [0.1, 0.15) is 5.69 Å². The number of pyridine rings is 1. The molecule has 0 bridgehead atoms. The minimum Gasteiger partial charge on any atom is -0.431 e. The fourth-order valence-electron chi connectivity index (χ4n) is 2.89. The smallest absolute Gasteiger partial charge is 0.311 e. The molecule has 1 aliphatic carbocycles. The van der Waals surface area contributed by atoms with Crippen molar-refractivity contribution in [3.63, 3.8) is 0 Å². The molecule has 7 heteroatoms. The molecule has 3 aromatic rings. The van der Waals surface area contributed by atoms with Crippen LogP contribution in [-0.2, 0) is 12.8 Å². The van der Waals surface area contributed by atoms with E-state index in [0.717, 1.165) is 30.5 Å². The van der Waals surface area contributed by atoms with Gasteiger partial charge in [-0.1, -0.05) is 18.2 Å². The zero-order valence-electron chi connectivity index (χ0n) is 13.3. The number of nitrogens with zero attached hydrogens (tertiary/aromatic N) is 4. The molecule has 0 unspecified atom stereocenters. The van der Waals surface area contributed by atoms with Crippen LogP contribution in [0.25, 0.3) is 11.5 Å². The number of hydrogen-bond acceptors (Lipinski definition) is 6. The standard InChI is InChI=1S/C18H14N4O3/c23-22(24)15-9-1-2-10-16(15)25-18-12-6-5-8-13(12)20-17(21-18)14-7-3-4-11-19-14/h1-4,7,9-11H,5-6,8H2. The minimum absolute atomic E-state index is 0.0905. The second kappa shape index (κ2) is 6.27. The van der Waals surface area contributed by atoms with Gasteiger partial charge in [0.2, 0.25) is 11.6 Å². The van der Waals surface area contributed by atoms with Crippen LogP contribution in [-0.4, -0.2) is 19.9 Å². The largest absolute Gasteiger partial charge is 0.431 e. The predicted molar refractivity (Wildman–Crippen MR) is 90.5 cm³/mol. The molecule has 25 heavy (non-hydrogen) atoms. The maximum Gasteiger partial charge on any atom is 0.311 e. The Bertz CT molecular complexity index is 944. The molecule has 0 fully saturated rings. The Morgan fingerprint density at radius 1 is 1.04 bits per heavy atom. The van der Waals surface area contributed by atoms with Crippen LogP contribution >= 0.6 is 0 Å². The van der Waals surface area contributed by atoms with Crippen molar-refractivity contribution in [2.45, 2.75) is 19.3 Å². The van der Waals surface area contributed by atoms with Crippen molar-refractivity contribution in [1.29, 1.82) is 0 Å². The number of rotatable bonds is 4. The van der Waals surface area contributed by atoms with Crippen molar-refractivity contribution in [1.82, 2.24) is 15.0 Å². The summed E-state index contributed by atoms with van der Waals surface area (Å²) in [4.78, 5) is 24.1. The number of aromatic nitrogens is 3. The Hall–Kier alpha value is -3.35. The van der Waals surface area contributed by atoms with Crippen LogP contribution in [0.1, 0.15) is 17.7 Å². The summed E-state index contributed by atoms with van der Waals surface area (Å²) in [6, 6.07) is 11.8. The van der Waals surface area contributed by atoms with Gasteiger partial charge in [0.15, 0.2) is 5.82 Å². The third kappa shape index (κ3) is 2.91. The molecule has 2 aromatic heterocycles. The summed E-state index contributed by atoms with van der Waals surface area (Å²) in [6.07, 6.45) is 4.27. The Morgan fingerprint density at radius 2 is 1.88 bits per heavy atom. The molecule has 0 atom stereocenters. The molecule has 0 spiro atoms. The van der Waals surface area contributed by atoms with Crippen molar-refractivity contribution in [2.75, 3.05) is 0 Å². The Labute approximate surface area is 143 Å². The molecular formula is C18H14N4O3. The highest BCUT2D eigenvalue weighted by Crippen LogP contribution is 2.36. The van der Waals surface area contributed by atoms with Crippen LogP contribution in [0.2, 0.25) is 0 Å². The van der Waals surface area contributed by atoms with Gasteiger partial charge < -0.3 is 4.74 Å². The monoisotopic (exact) mass is 334 g/mol. The van der Waals surface area contributed by atoms with Crippen molar-refractivity contribution in [3.8, 4) is 23.1 Å². The van der Waals surface area contributed by atoms with E-state index in [1.807, 2.05) is 18.2 Å². The normalized spacial score (nSPS) is 12.6. The van der Waals surface area contributed by atoms with Gasteiger partial charge in [-0.3, -0.25) is 15.1 Å². The number of ether oxygens (including phenoxy) is 1. The fourth-order valence-corrected chi connectivity index (χ4v) is 2.89. The summed E-state index contributed by atoms with van der Waals surface area (Å²) < 4.78 is 5.86. The Kier molecular flexibility index (Phi) is 3.81. The number of para-hydroxylation sites is 2. The molecule has 124 valence electrons. The van der Waals surface area contributed by atoms with E-state index >= 15 is 0 Å². The number of hydrogen-bond donors (Lipinski definition) is 0. The molecule has 0 amide bonds. The van der Waals surface area contributed by atoms with E-state index < -0.39 is 4.92 Å². The SMILES string of the molecule is O=[N+]([O-])c1ccccc1Oc1nc(-c2ccccn2)nc2c1CCC2. The van der Waals surface area contributed by atoms with E-state index in [4.69, 9.17) is 4.74 Å². The predicted octanol–water partition coefficient (Wildman–Crippen LogP) is 3.73. The van der Waals surface area contributed by atoms with Crippen molar-refractivity contribution < 1.29 is 9.66 Å². The highest BCUT2D eigenvalue weighted by atomic mass is 16.6. The van der Waals surface area contributed by atoms with Gasteiger partial charge >= 0.3 is 5.69 Å². The second-order valence-corrected chi connectivity index (χ2v) is 5.67. The molecule has 0 saturated heterocycles. The number of fused-ring (bicyclic) bond motifs is 1. The van der Waals surface area contributed by atoms with Crippen LogP contribution in [0.5, 0.6) is 11.6 Å². The summed E-state index contributed by atoms with van der Waals surface area (Å²) in [5, 5.41) is 11.2. The van der Waals surface area contributed by atoms with Gasteiger partial charge in [-0.05, 0) is 37.5 Å². The van der Waals surface area contributed by atoms with E-state index in [1.165, 1.54) is 6.07 Å². The molecule has 1 aliphatic rings. The first-order chi connectivity index (χ1) is 12.2. The van der Waals surface area contributed by atoms with Gasteiger partial charge in [0, 0.05) is 17.8 Å². The zero-order valence-corrected chi connectivity index (χ0v) is 13.3. The maximum atomic E-state index is 11.2. The summed E-state index contributed by atoms with van der Waals surface area (Å²) >= 11 is 0.